The Kier molecular flexibility index (Phi) is 4.48. The molecular weight excluding hydrogens is 262 g/mol. The lowest BCUT2D eigenvalue weighted by atomic mass is 9.92. The molecule has 1 fully saturated rings. The third kappa shape index (κ3) is 3.48. The van der Waals surface area contributed by atoms with Crippen molar-refractivity contribution in [1.29, 1.82) is 0 Å². The van der Waals surface area contributed by atoms with Crippen LogP contribution in [0, 0.1) is 0 Å². The standard InChI is InChI=1S/C15H20ClNO2/c1-15(2)10-13(8-9-19-15)17(14(18)11-16)12-6-4-3-5-7-12/h3-7,13H,8-11H2,1-2H3. The fourth-order valence-corrected chi connectivity index (χ4v) is 2.76. The number of hydrogen-bond donors (Lipinski definition) is 0. The molecule has 1 aliphatic rings. The number of nitrogens with zero attached hydrogens (tertiary/aromatic N) is 1. The number of benzene rings is 1. The van der Waals surface area contributed by atoms with E-state index in [4.69, 9.17) is 16.3 Å². The fraction of sp³-hybridized carbons (Fsp3) is 0.533. The first-order chi connectivity index (χ1) is 9.03. The smallest absolute Gasteiger partial charge is 0.242 e. The number of alkyl halides is 1. The minimum absolute atomic E-state index is 0.00663. The minimum atomic E-state index is -0.192. The van der Waals surface area contributed by atoms with Gasteiger partial charge in [-0.15, -0.1) is 11.6 Å². The van der Waals surface area contributed by atoms with E-state index in [2.05, 4.69) is 13.8 Å². The molecule has 104 valence electrons. The van der Waals surface area contributed by atoms with E-state index >= 15 is 0 Å². The van der Waals surface area contributed by atoms with Gasteiger partial charge < -0.3 is 9.64 Å². The number of carbonyl (C=O) groups excluding carboxylic acids is 1. The molecule has 0 spiro atoms. The fourth-order valence-electron chi connectivity index (χ4n) is 2.63. The summed E-state index contributed by atoms with van der Waals surface area (Å²) in [5.74, 6) is -0.0391. The van der Waals surface area contributed by atoms with Gasteiger partial charge in [-0.3, -0.25) is 4.79 Å². The summed E-state index contributed by atoms with van der Waals surface area (Å²) >= 11 is 5.76. The van der Waals surface area contributed by atoms with Gasteiger partial charge in [0.25, 0.3) is 0 Å². The maximum atomic E-state index is 12.2. The van der Waals surface area contributed by atoms with Crippen LogP contribution in [0.4, 0.5) is 5.69 Å². The van der Waals surface area contributed by atoms with Crippen LogP contribution in [0.2, 0.25) is 0 Å². The van der Waals surface area contributed by atoms with Gasteiger partial charge in [-0.2, -0.15) is 0 Å². The van der Waals surface area contributed by atoms with E-state index < -0.39 is 0 Å². The Morgan fingerprint density at radius 2 is 2.11 bits per heavy atom. The highest BCUT2D eigenvalue weighted by Crippen LogP contribution is 2.30. The quantitative estimate of drug-likeness (QED) is 0.796. The van der Waals surface area contributed by atoms with E-state index in [-0.39, 0.29) is 23.4 Å². The van der Waals surface area contributed by atoms with E-state index in [1.807, 2.05) is 35.2 Å². The summed E-state index contributed by atoms with van der Waals surface area (Å²) in [4.78, 5) is 14.0. The lowest BCUT2D eigenvalue weighted by Gasteiger charge is -2.41. The first kappa shape index (κ1) is 14.4. The molecule has 0 radical (unpaired) electrons. The normalized spacial score (nSPS) is 21.9. The summed E-state index contributed by atoms with van der Waals surface area (Å²) in [5, 5.41) is 0. The van der Waals surface area contributed by atoms with Crippen LogP contribution in [0.25, 0.3) is 0 Å². The van der Waals surface area contributed by atoms with Gasteiger partial charge in [0, 0.05) is 18.3 Å². The average molecular weight is 282 g/mol. The number of para-hydroxylation sites is 1. The van der Waals surface area contributed by atoms with Crippen molar-refractivity contribution in [3.63, 3.8) is 0 Å². The van der Waals surface area contributed by atoms with Gasteiger partial charge in [-0.1, -0.05) is 18.2 Å². The van der Waals surface area contributed by atoms with Gasteiger partial charge in [0.2, 0.25) is 5.91 Å². The van der Waals surface area contributed by atoms with Gasteiger partial charge in [0.1, 0.15) is 5.88 Å². The Morgan fingerprint density at radius 1 is 1.42 bits per heavy atom. The lowest BCUT2D eigenvalue weighted by Crippen LogP contribution is -2.49. The Morgan fingerprint density at radius 3 is 2.68 bits per heavy atom. The topological polar surface area (TPSA) is 29.5 Å². The Bertz CT molecular complexity index is 433. The summed E-state index contributed by atoms with van der Waals surface area (Å²) in [6.07, 6.45) is 1.67. The molecular formula is C15H20ClNO2. The van der Waals surface area contributed by atoms with Gasteiger partial charge in [0.05, 0.1) is 5.60 Å². The second-order valence-electron chi connectivity index (χ2n) is 5.49. The summed E-state index contributed by atoms with van der Waals surface area (Å²) in [5.41, 5.74) is 0.721. The van der Waals surface area contributed by atoms with Crippen molar-refractivity contribution >= 4 is 23.2 Å². The predicted molar refractivity (Wildman–Crippen MR) is 77.7 cm³/mol. The monoisotopic (exact) mass is 281 g/mol. The van der Waals surface area contributed by atoms with Crippen LogP contribution in [-0.4, -0.2) is 30.0 Å². The Hall–Kier alpha value is -1.06. The molecule has 1 aromatic carbocycles. The second kappa shape index (κ2) is 5.93. The largest absolute Gasteiger partial charge is 0.375 e. The maximum absolute atomic E-state index is 12.2. The highest BCUT2D eigenvalue weighted by Gasteiger charge is 2.34. The molecule has 0 bridgehead atoms. The SMILES string of the molecule is CC1(C)CC(N(C(=O)CCl)c2ccccc2)CCO1. The van der Waals surface area contributed by atoms with Crippen LogP contribution in [-0.2, 0) is 9.53 Å². The Balaban J connectivity index is 2.26. The van der Waals surface area contributed by atoms with Crippen molar-refractivity contribution in [2.75, 3.05) is 17.4 Å². The number of anilines is 1. The van der Waals surface area contributed by atoms with Crippen LogP contribution < -0.4 is 4.90 Å². The van der Waals surface area contributed by atoms with Crippen LogP contribution >= 0.6 is 11.6 Å². The molecule has 1 heterocycles. The van der Waals surface area contributed by atoms with Gasteiger partial charge in [-0.05, 0) is 38.8 Å². The van der Waals surface area contributed by atoms with Crippen LogP contribution in [0.15, 0.2) is 30.3 Å². The van der Waals surface area contributed by atoms with E-state index in [1.54, 1.807) is 0 Å². The van der Waals surface area contributed by atoms with Crippen molar-refractivity contribution in [3.8, 4) is 0 Å². The maximum Gasteiger partial charge on any atom is 0.242 e. The van der Waals surface area contributed by atoms with E-state index in [0.717, 1.165) is 18.5 Å². The molecule has 1 saturated heterocycles. The molecule has 0 aliphatic carbocycles. The Labute approximate surface area is 119 Å². The van der Waals surface area contributed by atoms with Crippen LogP contribution in [0.1, 0.15) is 26.7 Å². The number of amides is 1. The lowest BCUT2D eigenvalue weighted by molar-refractivity contribution is -0.118. The average Bonchev–Trinajstić information content (AvgIpc) is 2.39. The highest BCUT2D eigenvalue weighted by atomic mass is 35.5. The number of hydrogen-bond acceptors (Lipinski definition) is 2. The molecule has 0 N–H and O–H groups in total. The van der Waals surface area contributed by atoms with Crippen molar-refractivity contribution in [1.82, 2.24) is 0 Å². The van der Waals surface area contributed by atoms with Crippen molar-refractivity contribution in [2.45, 2.75) is 38.3 Å². The molecule has 1 amide bonds. The second-order valence-corrected chi connectivity index (χ2v) is 5.75. The van der Waals surface area contributed by atoms with Crippen molar-refractivity contribution < 1.29 is 9.53 Å². The summed E-state index contributed by atoms with van der Waals surface area (Å²) in [6.45, 7) is 4.80. The summed E-state index contributed by atoms with van der Waals surface area (Å²) < 4.78 is 5.72. The number of ether oxygens (including phenoxy) is 1. The van der Waals surface area contributed by atoms with Crippen molar-refractivity contribution in [2.24, 2.45) is 0 Å². The number of rotatable bonds is 3. The number of carbonyl (C=O) groups is 1. The van der Waals surface area contributed by atoms with E-state index in [1.165, 1.54) is 0 Å². The van der Waals surface area contributed by atoms with E-state index in [9.17, 15) is 4.79 Å². The molecule has 4 heteroatoms. The van der Waals surface area contributed by atoms with Crippen LogP contribution in [0.3, 0.4) is 0 Å². The van der Waals surface area contributed by atoms with E-state index in [0.29, 0.717) is 6.61 Å². The zero-order valence-corrected chi connectivity index (χ0v) is 12.2. The molecule has 1 unspecified atom stereocenters. The van der Waals surface area contributed by atoms with Gasteiger partial charge >= 0.3 is 0 Å². The molecule has 0 saturated carbocycles. The molecule has 0 aromatic heterocycles. The number of halogens is 1. The molecule has 1 atom stereocenters. The first-order valence-corrected chi connectivity index (χ1v) is 7.14. The third-order valence-corrected chi connectivity index (χ3v) is 3.68. The van der Waals surface area contributed by atoms with Crippen molar-refractivity contribution in [3.05, 3.63) is 30.3 Å². The van der Waals surface area contributed by atoms with Gasteiger partial charge in [-0.25, -0.2) is 0 Å². The molecule has 19 heavy (non-hydrogen) atoms. The highest BCUT2D eigenvalue weighted by molar-refractivity contribution is 6.29. The molecule has 1 aliphatic heterocycles. The first-order valence-electron chi connectivity index (χ1n) is 6.60. The molecule has 3 nitrogen and oxygen atoms in total. The molecule has 1 aromatic rings. The summed E-state index contributed by atoms with van der Waals surface area (Å²) in [6, 6.07) is 9.88. The van der Waals surface area contributed by atoms with Gasteiger partial charge in [0.15, 0.2) is 0 Å². The predicted octanol–water partition coefficient (Wildman–Crippen LogP) is 3.22. The zero-order valence-electron chi connectivity index (χ0n) is 11.4. The third-order valence-electron chi connectivity index (χ3n) is 3.45. The van der Waals surface area contributed by atoms with Crippen LogP contribution in [0.5, 0.6) is 0 Å². The summed E-state index contributed by atoms with van der Waals surface area (Å²) in [7, 11) is 0. The zero-order chi connectivity index (χ0) is 13.9. The molecule has 2 rings (SSSR count). The minimum Gasteiger partial charge on any atom is -0.375 e.